The van der Waals surface area contributed by atoms with E-state index in [4.69, 9.17) is 11.5 Å². The number of hydrogen-bond acceptors (Lipinski definition) is 6. The second-order valence-corrected chi connectivity index (χ2v) is 6.72. The van der Waals surface area contributed by atoms with Gasteiger partial charge in [0, 0.05) is 22.4 Å². The van der Waals surface area contributed by atoms with E-state index in [9.17, 15) is 0 Å². The van der Waals surface area contributed by atoms with Gasteiger partial charge in [-0.1, -0.05) is 32.1 Å². The van der Waals surface area contributed by atoms with Crippen molar-refractivity contribution < 1.29 is 0 Å². The maximum atomic E-state index is 5.83. The highest BCUT2D eigenvalue weighted by atomic mass is 32.1. The lowest BCUT2D eigenvalue weighted by Crippen LogP contribution is -2.16. The van der Waals surface area contributed by atoms with Gasteiger partial charge in [-0.15, -0.1) is 10.2 Å². The van der Waals surface area contributed by atoms with Gasteiger partial charge >= 0.3 is 0 Å². The standard InChI is InChI=1S/C13H16N6S/c1-13(2,3)11-16-17-12-19(11)18-10(20-12)7-4-8(14)6-9(15)5-7/h4-6H,14-15H2,1-3H3. The smallest absolute Gasteiger partial charge is 0.235 e. The molecule has 6 nitrogen and oxygen atoms in total. The highest BCUT2D eigenvalue weighted by molar-refractivity contribution is 7.19. The second kappa shape index (κ2) is 4.17. The Bertz CT molecular complexity index is 760. The molecule has 3 rings (SSSR count). The summed E-state index contributed by atoms with van der Waals surface area (Å²) in [6, 6.07) is 5.45. The minimum atomic E-state index is -0.112. The van der Waals surface area contributed by atoms with Crippen molar-refractivity contribution in [1.29, 1.82) is 0 Å². The summed E-state index contributed by atoms with van der Waals surface area (Å²) in [5.41, 5.74) is 13.7. The van der Waals surface area contributed by atoms with E-state index in [1.807, 2.05) is 12.1 Å². The van der Waals surface area contributed by atoms with E-state index in [-0.39, 0.29) is 5.41 Å². The zero-order chi connectivity index (χ0) is 14.5. The molecule has 0 radical (unpaired) electrons. The van der Waals surface area contributed by atoms with Crippen LogP contribution in [-0.2, 0) is 5.41 Å². The van der Waals surface area contributed by atoms with Crippen LogP contribution in [0.15, 0.2) is 18.2 Å². The summed E-state index contributed by atoms with van der Waals surface area (Å²) < 4.78 is 1.79. The molecule has 2 heterocycles. The molecule has 0 aliphatic carbocycles. The lowest BCUT2D eigenvalue weighted by Gasteiger charge is -2.13. The SMILES string of the molecule is CC(C)(C)c1nnc2sc(-c3cc(N)cc(N)c3)nn12. The summed E-state index contributed by atoms with van der Waals surface area (Å²) in [5.74, 6) is 0.840. The molecule has 0 saturated carbocycles. The summed E-state index contributed by atoms with van der Waals surface area (Å²) >= 11 is 1.47. The fourth-order valence-corrected chi connectivity index (χ4v) is 2.83. The van der Waals surface area contributed by atoms with E-state index in [1.54, 1.807) is 10.6 Å². The van der Waals surface area contributed by atoms with Gasteiger partial charge in [-0.05, 0) is 18.2 Å². The van der Waals surface area contributed by atoms with Crippen molar-refractivity contribution in [3.05, 3.63) is 24.0 Å². The number of aromatic nitrogens is 4. The first-order chi connectivity index (χ1) is 9.34. The van der Waals surface area contributed by atoms with Gasteiger partial charge in [0.15, 0.2) is 5.82 Å². The Morgan fingerprint density at radius 2 is 1.70 bits per heavy atom. The summed E-state index contributed by atoms with van der Waals surface area (Å²) in [6.07, 6.45) is 0. The molecule has 4 N–H and O–H groups in total. The van der Waals surface area contributed by atoms with Crippen molar-refractivity contribution in [3.8, 4) is 10.6 Å². The summed E-state index contributed by atoms with van der Waals surface area (Å²) in [7, 11) is 0. The monoisotopic (exact) mass is 288 g/mol. The number of anilines is 2. The van der Waals surface area contributed by atoms with Gasteiger partial charge < -0.3 is 11.5 Å². The Morgan fingerprint density at radius 1 is 1.05 bits per heavy atom. The van der Waals surface area contributed by atoms with Gasteiger partial charge in [-0.25, -0.2) is 0 Å². The molecule has 0 fully saturated rings. The number of nitrogens with two attached hydrogens (primary N) is 2. The Labute approximate surface area is 120 Å². The van der Waals surface area contributed by atoms with Crippen molar-refractivity contribution in [2.45, 2.75) is 26.2 Å². The summed E-state index contributed by atoms with van der Waals surface area (Å²) in [6.45, 7) is 6.25. The van der Waals surface area contributed by atoms with Crippen molar-refractivity contribution in [2.75, 3.05) is 11.5 Å². The molecule has 104 valence electrons. The minimum Gasteiger partial charge on any atom is -0.399 e. The van der Waals surface area contributed by atoms with Gasteiger partial charge in [0.1, 0.15) is 5.01 Å². The maximum Gasteiger partial charge on any atom is 0.235 e. The Kier molecular flexibility index (Phi) is 2.68. The molecule has 3 aromatic rings. The average Bonchev–Trinajstić information content (AvgIpc) is 2.83. The Hall–Kier alpha value is -2.15. The number of benzene rings is 1. The molecule has 0 atom stereocenters. The number of rotatable bonds is 1. The van der Waals surface area contributed by atoms with Crippen LogP contribution in [0.4, 0.5) is 11.4 Å². The third kappa shape index (κ3) is 2.09. The van der Waals surface area contributed by atoms with Crippen molar-refractivity contribution in [3.63, 3.8) is 0 Å². The predicted molar refractivity (Wildman–Crippen MR) is 81.6 cm³/mol. The predicted octanol–water partition coefficient (Wildman–Crippen LogP) is 2.31. The van der Waals surface area contributed by atoms with Gasteiger partial charge in [-0.3, -0.25) is 0 Å². The summed E-state index contributed by atoms with van der Waals surface area (Å²) in [5, 5.41) is 13.8. The molecular weight excluding hydrogens is 272 g/mol. The van der Waals surface area contributed by atoms with E-state index in [1.165, 1.54) is 11.3 Å². The van der Waals surface area contributed by atoms with E-state index in [0.29, 0.717) is 11.4 Å². The van der Waals surface area contributed by atoms with E-state index < -0.39 is 0 Å². The van der Waals surface area contributed by atoms with Crippen molar-refractivity contribution >= 4 is 27.7 Å². The van der Waals surface area contributed by atoms with Gasteiger partial charge in [0.25, 0.3) is 0 Å². The van der Waals surface area contributed by atoms with Crippen LogP contribution in [0.3, 0.4) is 0 Å². The first-order valence-corrected chi connectivity index (χ1v) is 7.05. The highest BCUT2D eigenvalue weighted by Gasteiger charge is 2.23. The van der Waals surface area contributed by atoms with Crippen LogP contribution in [0.25, 0.3) is 15.5 Å². The molecule has 1 aromatic carbocycles. The molecule has 0 spiro atoms. The van der Waals surface area contributed by atoms with E-state index in [0.717, 1.165) is 21.4 Å². The van der Waals surface area contributed by atoms with Crippen molar-refractivity contribution in [1.82, 2.24) is 19.8 Å². The van der Waals surface area contributed by atoms with Crippen LogP contribution in [0.1, 0.15) is 26.6 Å². The number of nitrogen functional groups attached to an aromatic ring is 2. The lowest BCUT2D eigenvalue weighted by atomic mass is 9.96. The molecule has 0 bridgehead atoms. The zero-order valence-corrected chi connectivity index (χ0v) is 12.4. The topological polar surface area (TPSA) is 95.1 Å². The third-order valence-corrected chi connectivity index (χ3v) is 3.83. The zero-order valence-electron chi connectivity index (χ0n) is 11.6. The fraction of sp³-hybridized carbons (Fsp3) is 0.308. The molecule has 7 heteroatoms. The minimum absolute atomic E-state index is 0.112. The highest BCUT2D eigenvalue weighted by Crippen LogP contribution is 2.30. The van der Waals surface area contributed by atoms with Crippen LogP contribution in [0.2, 0.25) is 0 Å². The van der Waals surface area contributed by atoms with Gasteiger partial charge in [0.05, 0.1) is 0 Å². The van der Waals surface area contributed by atoms with Crippen molar-refractivity contribution in [2.24, 2.45) is 0 Å². The van der Waals surface area contributed by atoms with Gasteiger partial charge in [-0.2, -0.15) is 9.61 Å². The van der Waals surface area contributed by atoms with Crippen LogP contribution in [0, 0.1) is 0 Å². The molecule has 0 saturated heterocycles. The first kappa shape index (κ1) is 12.9. The first-order valence-electron chi connectivity index (χ1n) is 6.24. The maximum absolute atomic E-state index is 5.83. The fourth-order valence-electron chi connectivity index (χ4n) is 2.00. The van der Waals surface area contributed by atoms with E-state index in [2.05, 4.69) is 36.1 Å². The van der Waals surface area contributed by atoms with E-state index >= 15 is 0 Å². The number of nitrogens with zero attached hydrogens (tertiary/aromatic N) is 4. The summed E-state index contributed by atoms with van der Waals surface area (Å²) in [4.78, 5) is 0.769. The van der Waals surface area contributed by atoms with Crippen LogP contribution in [-0.4, -0.2) is 19.8 Å². The molecule has 20 heavy (non-hydrogen) atoms. The molecule has 0 amide bonds. The second-order valence-electron chi connectivity index (χ2n) is 5.76. The molecule has 0 aliphatic heterocycles. The van der Waals surface area contributed by atoms with Gasteiger partial charge in [0.2, 0.25) is 4.96 Å². The largest absolute Gasteiger partial charge is 0.399 e. The van der Waals surface area contributed by atoms with Crippen LogP contribution < -0.4 is 11.5 Å². The third-order valence-electron chi connectivity index (χ3n) is 2.89. The lowest BCUT2D eigenvalue weighted by molar-refractivity contribution is 0.528. The number of hydrogen-bond donors (Lipinski definition) is 2. The van der Waals surface area contributed by atoms with Crippen LogP contribution >= 0.6 is 11.3 Å². The molecule has 0 aliphatic rings. The van der Waals surface area contributed by atoms with Crippen LogP contribution in [0.5, 0.6) is 0 Å². The quantitative estimate of drug-likeness (QED) is 0.670. The molecular formula is C13H16N6S. The Balaban J connectivity index is 2.16. The Morgan fingerprint density at radius 3 is 2.30 bits per heavy atom. The molecule has 2 aromatic heterocycles. The normalized spacial score (nSPS) is 12.2. The number of fused-ring (bicyclic) bond motifs is 1. The molecule has 0 unspecified atom stereocenters. The average molecular weight is 288 g/mol.